The molecule has 2 aromatic carbocycles. The smallest absolute Gasteiger partial charge is 0.251 e. The van der Waals surface area contributed by atoms with E-state index in [0.717, 1.165) is 24.6 Å². The van der Waals surface area contributed by atoms with Crippen LogP contribution in [0.4, 0.5) is 0 Å². The van der Waals surface area contributed by atoms with E-state index in [0.29, 0.717) is 18.7 Å². The summed E-state index contributed by atoms with van der Waals surface area (Å²) in [5.74, 6) is 0.769. The van der Waals surface area contributed by atoms with E-state index in [1.807, 2.05) is 31.2 Å². The van der Waals surface area contributed by atoms with E-state index in [1.54, 1.807) is 0 Å². The van der Waals surface area contributed by atoms with Crippen LogP contribution < -0.4 is 16.0 Å². The van der Waals surface area contributed by atoms with Crippen LogP contribution in [0.5, 0.6) is 0 Å². The molecule has 3 N–H and O–H groups in total. The largest absolute Gasteiger partial charge is 0.357 e. The average Bonchev–Trinajstić information content (AvgIpc) is 3.52. The summed E-state index contributed by atoms with van der Waals surface area (Å²) in [6.07, 6.45) is 2.41. The maximum atomic E-state index is 12.0. The van der Waals surface area contributed by atoms with E-state index in [-0.39, 0.29) is 11.3 Å². The van der Waals surface area contributed by atoms with E-state index >= 15 is 0 Å². The monoisotopic (exact) mass is 378 g/mol. The van der Waals surface area contributed by atoms with Crippen LogP contribution in [0.3, 0.4) is 0 Å². The summed E-state index contributed by atoms with van der Waals surface area (Å²) < 4.78 is 0. The molecule has 0 heterocycles. The van der Waals surface area contributed by atoms with Crippen LogP contribution in [0.15, 0.2) is 59.6 Å². The lowest BCUT2D eigenvalue weighted by Gasteiger charge is -2.19. The molecule has 1 amide bonds. The zero-order chi connectivity index (χ0) is 19.8. The molecule has 2 aromatic rings. The first-order valence-corrected chi connectivity index (χ1v) is 10.1. The Morgan fingerprint density at radius 3 is 2.39 bits per heavy atom. The molecular weight excluding hydrogens is 348 g/mol. The standard InChI is InChI=1S/C23H30N4O/c1-3-24-21(28)19-10-8-9-18(15-19)16-26-22(25-4-2)27-17-23(13-14-23)20-11-6-5-7-12-20/h5-12,15H,3-4,13-14,16-17H2,1-2H3,(H,24,28)(H2,25,26,27). The van der Waals surface area contributed by atoms with Crippen LogP contribution in [-0.2, 0) is 12.0 Å². The fourth-order valence-corrected chi connectivity index (χ4v) is 3.35. The first-order valence-electron chi connectivity index (χ1n) is 10.1. The molecule has 148 valence electrons. The number of carbonyl (C=O) groups is 1. The minimum Gasteiger partial charge on any atom is -0.357 e. The Hall–Kier alpha value is -2.82. The number of benzene rings is 2. The highest BCUT2D eigenvalue weighted by Gasteiger charge is 2.43. The molecule has 0 saturated heterocycles. The van der Waals surface area contributed by atoms with Crippen molar-refractivity contribution in [3.05, 3.63) is 71.3 Å². The van der Waals surface area contributed by atoms with Gasteiger partial charge in [0, 0.05) is 30.6 Å². The lowest BCUT2D eigenvalue weighted by molar-refractivity contribution is 0.0955. The van der Waals surface area contributed by atoms with Crippen molar-refractivity contribution in [2.45, 2.75) is 38.6 Å². The van der Waals surface area contributed by atoms with Crippen molar-refractivity contribution in [1.29, 1.82) is 0 Å². The number of hydrogen-bond acceptors (Lipinski definition) is 2. The average molecular weight is 379 g/mol. The highest BCUT2D eigenvalue weighted by atomic mass is 16.1. The topological polar surface area (TPSA) is 65.5 Å². The van der Waals surface area contributed by atoms with Gasteiger partial charge in [0.05, 0.1) is 6.54 Å². The predicted molar refractivity (Wildman–Crippen MR) is 115 cm³/mol. The number of nitrogens with one attached hydrogen (secondary N) is 3. The third kappa shape index (κ3) is 5.12. The zero-order valence-electron chi connectivity index (χ0n) is 16.8. The summed E-state index contributed by atoms with van der Waals surface area (Å²) in [5, 5.41) is 9.67. The first kappa shape index (κ1) is 19.9. The van der Waals surface area contributed by atoms with Crippen LogP contribution in [0, 0.1) is 0 Å². The van der Waals surface area contributed by atoms with Gasteiger partial charge in [0.1, 0.15) is 0 Å². The van der Waals surface area contributed by atoms with Gasteiger partial charge in [-0.25, -0.2) is 4.99 Å². The lowest BCUT2D eigenvalue weighted by Crippen LogP contribution is -2.41. The Balaban J connectivity index is 1.63. The van der Waals surface area contributed by atoms with Crippen LogP contribution in [0.25, 0.3) is 0 Å². The molecule has 0 unspecified atom stereocenters. The fourth-order valence-electron chi connectivity index (χ4n) is 3.35. The number of carbonyl (C=O) groups excluding carboxylic acids is 1. The molecule has 1 fully saturated rings. The van der Waals surface area contributed by atoms with Crippen molar-refractivity contribution < 1.29 is 4.79 Å². The molecule has 0 spiro atoms. The zero-order valence-corrected chi connectivity index (χ0v) is 16.8. The van der Waals surface area contributed by atoms with Crippen molar-refractivity contribution in [3.8, 4) is 0 Å². The molecule has 0 radical (unpaired) electrons. The van der Waals surface area contributed by atoms with Crippen LogP contribution >= 0.6 is 0 Å². The van der Waals surface area contributed by atoms with E-state index in [2.05, 4.69) is 53.2 Å². The minimum atomic E-state index is -0.0445. The molecule has 5 heteroatoms. The molecule has 0 atom stereocenters. The van der Waals surface area contributed by atoms with Gasteiger partial charge in [0.2, 0.25) is 0 Å². The highest BCUT2D eigenvalue weighted by Crippen LogP contribution is 2.47. The number of rotatable bonds is 8. The van der Waals surface area contributed by atoms with Crippen molar-refractivity contribution >= 4 is 11.9 Å². The van der Waals surface area contributed by atoms with Gasteiger partial charge in [-0.1, -0.05) is 42.5 Å². The molecule has 0 bridgehead atoms. The third-order valence-electron chi connectivity index (χ3n) is 5.12. The van der Waals surface area contributed by atoms with Gasteiger partial charge in [0.25, 0.3) is 5.91 Å². The van der Waals surface area contributed by atoms with Gasteiger partial charge >= 0.3 is 0 Å². The number of hydrogen-bond donors (Lipinski definition) is 3. The lowest BCUT2D eigenvalue weighted by atomic mass is 9.96. The highest BCUT2D eigenvalue weighted by molar-refractivity contribution is 5.94. The van der Waals surface area contributed by atoms with Gasteiger partial charge in [-0.15, -0.1) is 0 Å². The van der Waals surface area contributed by atoms with E-state index in [1.165, 1.54) is 18.4 Å². The molecule has 1 aliphatic rings. The summed E-state index contributed by atoms with van der Waals surface area (Å²) in [6.45, 7) is 6.82. The summed E-state index contributed by atoms with van der Waals surface area (Å²) in [5.41, 5.74) is 3.32. The molecule has 1 aliphatic carbocycles. The summed E-state index contributed by atoms with van der Waals surface area (Å²) in [7, 11) is 0. The second-order valence-electron chi connectivity index (χ2n) is 7.25. The maximum absolute atomic E-state index is 12.0. The normalized spacial score (nSPS) is 15.0. The van der Waals surface area contributed by atoms with Gasteiger partial charge in [-0.05, 0) is 49.9 Å². The van der Waals surface area contributed by atoms with Crippen LogP contribution in [0.2, 0.25) is 0 Å². The van der Waals surface area contributed by atoms with E-state index < -0.39 is 0 Å². The molecule has 1 saturated carbocycles. The number of guanidine groups is 1. The Labute approximate surface area is 167 Å². The second-order valence-corrected chi connectivity index (χ2v) is 7.25. The molecule has 0 aromatic heterocycles. The summed E-state index contributed by atoms with van der Waals surface area (Å²) in [6, 6.07) is 18.4. The van der Waals surface area contributed by atoms with Gasteiger partial charge < -0.3 is 16.0 Å². The van der Waals surface area contributed by atoms with E-state index in [9.17, 15) is 4.79 Å². The first-order chi connectivity index (χ1) is 13.7. The summed E-state index contributed by atoms with van der Waals surface area (Å²) in [4.78, 5) is 16.7. The SMILES string of the molecule is CCNC(=O)c1cccc(CN=C(NCC)NCC2(c3ccccc3)CC2)c1. The molecule has 0 aliphatic heterocycles. The Kier molecular flexibility index (Phi) is 6.69. The Morgan fingerprint density at radius 1 is 0.964 bits per heavy atom. The number of nitrogens with zero attached hydrogens (tertiary/aromatic N) is 1. The van der Waals surface area contributed by atoms with Gasteiger partial charge in [-0.2, -0.15) is 0 Å². The van der Waals surface area contributed by atoms with Crippen LogP contribution in [0.1, 0.15) is 48.2 Å². The Morgan fingerprint density at radius 2 is 1.71 bits per heavy atom. The van der Waals surface area contributed by atoms with Crippen molar-refractivity contribution in [1.82, 2.24) is 16.0 Å². The Bertz CT molecular complexity index is 812. The maximum Gasteiger partial charge on any atom is 0.251 e. The predicted octanol–water partition coefficient (Wildman–Crippen LogP) is 3.22. The fraction of sp³-hybridized carbons (Fsp3) is 0.391. The molecular formula is C23H30N4O. The van der Waals surface area contributed by atoms with Crippen molar-refractivity contribution in [2.24, 2.45) is 4.99 Å². The van der Waals surface area contributed by atoms with Crippen molar-refractivity contribution in [2.75, 3.05) is 19.6 Å². The third-order valence-corrected chi connectivity index (χ3v) is 5.12. The van der Waals surface area contributed by atoms with Crippen LogP contribution in [-0.4, -0.2) is 31.5 Å². The van der Waals surface area contributed by atoms with E-state index in [4.69, 9.17) is 4.99 Å². The molecule has 5 nitrogen and oxygen atoms in total. The van der Waals surface area contributed by atoms with Crippen molar-refractivity contribution in [3.63, 3.8) is 0 Å². The summed E-state index contributed by atoms with van der Waals surface area (Å²) >= 11 is 0. The second kappa shape index (κ2) is 9.40. The van der Waals surface area contributed by atoms with Gasteiger partial charge in [0.15, 0.2) is 5.96 Å². The molecule has 28 heavy (non-hydrogen) atoms. The quantitative estimate of drug-likeness (QED) is 0.488. The van der Waals surface area contributed by atoms with Gasteiger partial charge in [-0.3, -0.25) is 4.79 Å². The minimum absolute atomic E-state index is 0.0445. The molecule has 3 rings (SSSR count). The number of amides is 1. The number of aliphatic imine (C=N–C) groups is 1.